The van der Waals surface area contributed by atoms with E-state index in [-0.39, 0.29) is 29.7 Å². The number of hydrogen-bond donors (Lipinski definition) is 2. The third kappa shape index (κ3) is 6.62. The van der Waals surface area contributed by atoms with Crippen LogP contribution in [0.3, 0.4) is 0 Å². The molecule has 0 heterocycles. The third-order valence-electron chi connectivity index (χ3n) is 4.74. The minimum absolute atomic E-state index is 0.0766. The highest BCUT2D eigenvalue weighted by atomic mass is 16.6. The summed E-state index contributed by atoms with van der Waals surface area (Å²) in [5, 5.41) is 18.4. The first kappa shape index (κ1) is 22.5. The number of hydrogen-bond acceptors (Lipinski definition) is 5. The number of allylic oxidation sites excluding steroid dienone is 4. The van der Waals surface area contributed by atoms with Crippen LogP contribution in [-0.2, 0) is 9.47 Å². The van der Waals surface area contributed by atoms with Crippen LogP contribution >= 0.6 is 0 Å². The molecule has 6 heteroatoms. The second-order valence-electron chi connectivity index (χ2n) is 6.92. The summed E-state index contributed by atoms with van der Waals surface area (Å²) in [4.78, 5) is 13.9. The predicted molar refractivity (Wildman–Crippen MR) is 108 cm³/mol. The van der Waals surface area contributed by atoms with Gasteiger partial charge < -0.3 is 24.9 Å². The summed E-state index contributed by atoms with van der Waals surface area (Å²) in [5.41, 5.74) is 1.72. The second kappa shape index (κ2) is 10.6. The molecule has 150 valence electrons. The van der Waals surface area contributed by atoms with Crippen LogP contribution in [0.15, 0.2) is 47.0 Å². The highest BCUT2D eigenvalue weighted by Gasteiger charge is 2.25. The molecule has 1 aliphatic carbocycles. The van der Waals surface area contributed by atoms with E-state index in [1.54, 1.807) is 45.1 Å². The molecule has 0 atom stereocenters. The molecule has 2 N–H and O–H groups in total. The summed E-state index contributed by atoms with van der Waals surface area (Å²) in [7, 11) is 3.28. The van der Waals surface area contributed by atoms with E-state index < -0.39 is 6.09 Å². The lowest BCUT2D eigenvalue weighted by molar-refractivity contribution is 0.105. The SMILES string of the molecule is C=C(C)\C(=C/C=C(C)/C(O)=C(\COC(=O)N(C)C1CCCC1)C(C)=N)OC. The van der Waals surface area contributed by atoms with Crippen molar-refractivity contribution in [3.8, 4) is 0 Å². The predicted octanol–water partition coefficient (Wildman–Crippen LogP) is 4.90. The van der Waals surface area contributed by atoms with Gasteiger partial charge in [-0.3, -0.25) is 0 Å². The molecule has 0 spiro atoms. The monoisotopic (exact) mass is 376 g/mol. The standard InChI is InChI=1S/C21H32N2O4/c1-14(2)19(26-6)12-11-15(3)20(24)18(16(4)22)13-27-21(25)23(5)17-9-7-8-10-17/h11-12,17,22,24H,1,7-10,13H2,2-6H3/b15-11+,19-12+,20-18-,22-16?. The normalized spacial score (nSPS) is 16.6. The Bertz CT molecular complexity index is 668. The van der Waals surface area contributed by atoms with Gasteiger partial charge in [0.15, 0.2) is 0 Å². The first-order chi connectivity index (χ1) is 12.7. The maximum Gasteiger partial charge on any atom is 0.410 e. The molecule has 0 saturated heterocycles. The Morgan fingerprint density at radius 1 is 1.26 bits per heavy atom. The lowest BCUT2D eigenvalue weighted by Gasteiger charge is -2.24. The molecular formula is C21H32N2O4. The Morgan fingerprint density at radius 2 is 1.85 bits per heavy atom. The number of nitrogens with one attached hydrogen (secondary N) is 1. The minimum atomic E-state index is -0.432. The molecule has 0 unspecified atom stereocenters. The van der Waals surface area contributed by atoms with Gasteiger partial charge in [0, 0.05) is 18.8 Å². The number of rotatable bonds is 8. The number of carbonyl (C=O) groups is 1. The molecule has 1 fully saturated rings. The van der Waals surface area contributed by atoms with Gasteiger partial charge in [0.1, 0.15) is 18.1 Å². The van der Waals surface area contributed by atoms with E-state index in [1.165, 1.54) is 0 Å². The molecule has 1 amide bonds. The Morgan fingerprint density at radius 3 is 2.33 bits per heavy atom. The van der Waals surface area contributed by atoms with E-state index >= 15 is 0 Å². The molecule has 1 rings (SSSR count). The molecule has 0 bridgehead atoms. The van der Waals surface area contributed by atoms with Crippen LogP contribution in [0.2, 0.25) is 0 Å². The van der Waals surface area contributed by atoms with Crippen molar-refractivity contribution in [3.05, 3.63) is 47.0 Å². The lowest BCUT2D eigenvalue weighted by Crippen LogP contribution is -2.36. The maximum atomic E-state index is 12.3. The zero-order valence-electron chi connectivity index (χ0n) is 17.1. The Labute approximate surface area is 162 Å². The summed E-state index contributed by atoms with van der Waals surface area (Å²) < 4.78 is 10.5. The summed E-state index contributed by atoms with van der Waals surface area (Å²) in [5.74, 6) is 0.520. The summed E-state index contributed by atoms with van der Waals surface area (Å²) >= 11 is 0. The van der Waals surface area contributed by atoms with Crippen LogP contribution in [0.1, 0.15) is 46.5 Å². The number of methoxy groups -OCH3 is 1. The van der Waals surface area contributed by atoms with Crippen LogP contribution in [0.25, 0.3) is 0 Å². The average molecular weight is 376 g/mol. The fraction of sp³-hybridized carbons (Fsp3) is 0.524. The van der Waals surface area contributed by atoms with E-state index in [2.05, 4.69) is 6.58 Å². The second-order valence-corrected chi connectivity index (χ2v) is 6.92. The number of amides is 1. The number of nitrogens with zero attached hydrogens (tertiary/aromatic N) is 1. The van der Waals surface area contributed by atoms with Gasteiger partial charge in [-0.1, -0.05) is 25.5 Å². The van der Waals surface area contributed by atoms with Gasteiger partial charge >= 0.3 is 6.09 Å². The maximum absolute atomic E-state index is 12.3. The molecule has 1 aliphatic rings. The van der Waals surface area contributed by atoms with Gasteiger partial charge in [0.25, 0.3) is 0 Å². The smallest absolute Gasteiger partial charge is 0.410 e. The summed E-state index contributed by atoms with van der Waals surface area (Å²) in [6, 6.07) is 0.209. The van der Waals surface area contributed by atoms with Crippen molar-refractivity contribution in [2.24, 2.45) is 0 Å². The van der Waals surface area contributed by atoms with Crippen LogP contribution in [-0.4, -0.2) is 48.6 Å². The molecule has 0 aromatic carbocycles. The fourth-order valence-corrected chi connectivity index (χ4v) is 2.93. The van der Waals surface area contributed by atoms with Gasteiger partial charge in [-0.25, -0.2) is 4.79 Å². The molecule has 1 saturated carbocycles. The molecule has 0 radical (unpaired) electrons. The molecule has 27 heavy (non-hydrogen) atoms. The fourth-order valence-electron chi connectivity index (χ4n) is 2.93. The van der Waals surface area contributed by atoms with Gasteiger partial charge in [-0.15, -0.1) is 0 Å². The Hall–Kier alpha value is -2.50. The number of ether oxygens (including phenoxy) is 2. The average Bonchev–Trinajstić information content (AvgIpc) is 3.15. The number of aliphatic hydroxyl groups excluding tert-OH is 1. The molecule has 0 aromatic heterocycles. The van der Waals surface area contributed by atoms with Crippen LogP contribution in [0.4, 0.5) is 4.79 Å². The van der Waals surface area contributed by atoms with Crippen LogP contribution < -0.4 is 0 Å². The first-order valence-corrected chi connectivity index (χ1v) is 9.15. The van der Waals surface area contributed by atoms with Gasteiger partial charge in [0.05, 0.1) is 12.7 Å². The summed E-state index contributed by atoms with van der Waals surface area (Å²) in [6.07, 6.45) is 7.17. The highest BCUT2D eigenvalue weighted by Crippen LogP contribution is 2.23. The zero-order valence-corrected chi connectivity index (χ0v) is 17.1. The molecule has 0 aromatic rings. The van der Waals surface area contributed by atoms with E-state index in [0.29, 0.717) is 11.3 Å². The molecular weight excluding hydrogens is 344 g/mol. The third-order valence-corrected chi connectivity index (χ3v) is 4.74. The van der Waals surface area contributed by atoms with E-state index in [1.807, 2.05) is 6.92 Å². The molecule has 0 aliphatic heterocycles. The van der Waals surface area contributed by atoms with Crippen molar-refractivity contribution in [2.75, 3.05) is 20.8 Å². The van der Waals surface area contributed by atoms with Crippen molar-refractivity contribution >= 4 is 11.8 Å². The van der Waals surface area contributed by atoms with Gasteiger partial charge in [-0.05, 0) is 50.8 Å². The number of aliphatic hydroxyl groups is 1. The van der Waals surface area contributed by atoms with E-state index in [9.17, 15) is 9.90 Å². The highest BCUT2D eigenvalue weighted by molar-refractivity contribution is 5.97. The van der Waals surface area contributed by atoms with Crippen LogP contribution in [0.5, 0.6) is 0 Å². The zero-order chi connectivity index (χ0) is 20.6. The Balaban J connectivity index is 2.89. The van der Waals surface area contributed by atoms with Gasteiger partial charge in [0.2, 0.25) is 0 Å². The first-order valence-electron chi connectivity index (χ1n) is 9.15. The minimum Gasteiger partial charge on any atom is -0.507 e. The Kier molecular flexibility index (Phi) is 8.85. The van der Waals surface area contributed by atoms with Crippen molar-refractivity contribution < 1.29 is 19.4 Å². The lowest BCUT2D eigenvalue weighted by atomic mass is 10.1. The van der Waals surface area contributed by atoms with Crippen molar-refractivity contribution in [2.45, 2.75) is 52.5 Å². The quantitative estimate of drug-likeness (QED) is 0.358. The molecule has 6 nitrogen and oxygen atoms in total. The van der Waals surface area contributed by atoms with Crippen molar-refractivity contribution in [1.29, 1.82) is 5.41 Å². The largest absolute Gasteiger partial charge is 0.507 e. The topological polar surface area (TPSA) is 82.9 Å². The summed E-state index contributed by atoms with van der Waals surface area (Å²) in [6.45, 7) is 8.76. The van der Waals surface area contributed by atoms with Crippen molar-refractivity contribution in [1.82, 2.24) is 4.90 Å². The van der Waals surface area contributed by atoms with Crippen molar-refractivity contribution in [3.63, 3.8) is 0 Å². The van der Waals surface area contributed by atoms with E-state index in [4.69, 9.17) is 14.9 Å². The van der Waals surface area contributed by atoms with Crippen LogP contribution in [0, 0.1) is 5.41 Å². The van der Waals surface area contributed by atoms with E-state index in [0.717, 1.165) is 31.3 Å². The van der Waals surface area contributed by atoms with Gasteiger partial charge in [-0.2, -0.15) is 0 Å². The number of carbonyl (C=O) groups excluding carboxylic acids is 1.